The molecule has 4 atom stereocenters. The molecule has 1 N–H and O–H groups in total. The van der Waals surface area contributed by atoms with Crippen molar-refractivity contribution < 1.29 is 9.15 Å². The van der Waals surface area contributed by atoms with Crippen LogP contribution in [0.25, 0.3) is 10.3 Å². The molecule has 3 aromatic rings. The van der Waals surface area contributed by atoms with E-state index < -0.39 is 0 Å². The quantitative estimate of drug-likeness (QED) is 0.740. The van der Waals surface area contributed by atoms with Gasteiger partial charge in [-0.15, -0.1) is 0 Å². The van der Waals surface area contributed by atoms with E-state index >= 15 is 0 Å². The van der Waals surface area contributed by atoms with Gasteiger partial charge in [0.1, 0.15) is 17.4 Å². The van der Waals surface area contributed by atoms with Gasteiger partial charge in [-0.1, -0.05) is 35.6 Å². The third-order valence-corrected chi connectivity index (χ3v) is 7.38. The Morgan fingerprint density at radius 1 is 1.11 bits per heavy atom. The highest BCUT2D eigenvalue weighted by Gasteiger charge is 2.44. The average Bonchev–Trinajstić information content (AvgIpc) is 3.42. The molecule has 0 radical (unpaired) electrons. The first-order chi connectivity index (χ1) is 13.7. The van der Waals surface area contributed by atoms with Gasteiger partial charge in [0, 0.05) is 19.2 Å². The van der Waals surface area contributed by atoms with Crippen molar-refractivity contribution in [2.45, 2.75) is 18.6 Å². The van der Waals surface area contributed by atoms with Crippen molar-refractivity contribution in [1.29, 1.82) is 0 Å². The minimum absolute atomic E-state index is 0.0176. The molecule has 2 fully saturated rings. The zero-order chi connectivity index (χ0) is 18.7. The lowest BCUT2D eigenvalue weighted by molar-refractivity contribution is 0.0891. The topological polar surface area (TPSA) is 54.7 Å². The van der Waals surface area contributed by atoms with Crippen LogP contribution < -0.4 is 15.0 Å². The Labute approximate surface area is 166 Å². The van der Waals surface area contributed by atoms with Crippen LogP contribution in [-0.2, 0) is 6.42 Å². The summed E-state index contributed by atoms with van der Waals surface area (Å²) in [6.07, 6.45) is 1.05. The monoisotopic (exact) mass is 394 g/mol. The van der Waals surface area contributed by atoms with Gasteiger partial charge in [0.05, 0.1) is 10.7 Å². The Morgan fingerprint density at radius 3 is 2.79 bits per heavy atom. The van der Waals surface area contributed by atoms with E-state index in [9.17, 15) is 4.79 Å². The van der Waals surface area contributed by atoms with Gasteiger partial charge < -0.3 is 14.5 Å². The van der Waals surface area contributed by atoms with E-state index in [4.69, 9.17) is 9.15 Å². The van der Waals surface area contributed by atoms with Gasteiger partial charge in [-0.05, 0) is 54.6 Å². The fourth-order valence-electron chi connectivity index (χ4n) is 5.24. The zero-order valence-corrected chi connectivity index (χ0v) is 16.3. The Kier molecular flexibility index (Phi) is 3.86. The molecule has 0 spiro atoms. The summed E-state index contributed by atoms with van der Waals surface area (Å²) in [5.41, 5.74) is 3.32. The van der Waals surface area contributed by atoms with Crippen molar-refractivity contribution in [2.24, 2.45) is 11.8 Å². The number of nitrogens with one attached hydrogen (secondary N) is 1. The van der Waals surface area contributed by atoms with Gasteiger partial charge >= 0.3 is 4.94 Å². The zero-order valence-electron chi connectivity index (χ0n) is 15.5. The number of benzene rings is 2. The molecule has 1 aliphatic carbocycles. The molecule has 144 valence electrons. The van der Waals surface area contributed by atoms with Crippen LogP contribution in [0.1, 0.15) is 17.2 Å². The molecule has 2 saturated heterocycles. The second-order valence-electron chi connectivity index (χ2n) is 8.20. The lowest BCUT2D eigenvalue weighted by Gasteiger charge is -2.30. The highest BCUT2D eigenvalue weighted by atomic mass is 32.1. The van der Waals surface area contributed by atoms with Gasteiger partial charge in [-0.25, -0.2) is 4.79 Å². The molecule has 3 aliphatic rings. The molecule has 28 heavy (non-hydrogen) atoms. The fourth-order valence-corrected chi connectivity index (χ4v) is 5.93. The van der Waals surface area contributed by atoms with E-state index in [1.807, 2.05) is 18.2 Å². The van der Waals surface area contributed by atoms with Crippen LogP contribution in [0.2, 0.25) is 0 Å². The number of hydrogen-bond acceptors (Lipinski definition) is 6. The maximum absolute atomic E-state index is 11.5. The van der Waals surface area contributed by atoms with Crippen LogP contribution in [0.4, 0.5) is 0 Å². The largest absolute Gasteiger partial charge is 0.484 e. The Balaban J connectivity index is 1.33. The van der Waals surface area contributed by atoms with Crippen molar-refractivity contribution in [3.8, 4) is 5.75 Å². The van der Waals surface area contributed by atoms with Crippen LogP contribution >= 0.6 is 11.3 Å². The first kappa shape index (κ1) is 16.8. The minimum Gasteiger partial charge on any atom is -0.484 e. The highest BCUT2D eigenvalue weighted by molar-refractivity contribution is 7.16. The lowest BCUT2D eigenvalue weighted by atomic mass is 10.0. The molecular formula is C22H22N2O3S. The van der Waals surface area contributed by atoms with Gasteiger partial charge in [-0.2, -0.15) is 0 Å². The van der Waals surface area contributed by atoms with Crippen LogP contribution in [0, 0.1) is 11.8 Å². The SMILES string of the molecule is O=c1oc2ccc(O[C@@H]3c4ccccc4C[C@H]3N3C[C@H]4CNC[C@H]4C3)cc2s1. The van der Waals surface area contributed by atoms with Crippen molar-refractivity contribution in [3.05, 3.63) is 63.3 Å². The van der Waals surface area contributed by atoms with E-state index in [1.165, 1.54) is 11.1 Å². The standard InChI is InChI=1S/C22H22N2O3S/c25-22-27-19-6-5-16(8-20(19)28-22)26-21-17-4-2-1-3-13(17)7-18(21)24-11-14-9-23-10-15(14)12-24/h1-6,8,14-15,18,21,23H,7,9-12H2/t14-,15+,18-,21-/m1/s1. The summed E-state index contributed by atoms with van der Waals surface area (Å²) in [7, 11) is 0. The molecule has 0 saturated carbocycles. The molecule has 1 aromatic heterocycles. The third kappa shape index (κ3) is 2.70. The fraction of sp³-hybridized carbons (Fsp3) is 0.409. The summed E-state index contributed by atoms with van der Waals surface area (Å²) in [6, 6.07) is 14.7. The Morgan fingerprint density at radius 2 is 1.93 bits per heavy atom. The summed E-state index contributed by atoms with van der Waals surface area (Å²) >= 11 is 1.13. The number of likely N-dealkylation sites (tertiary alicyclic amines) is 1. The predicted molar refractivity (Wildman–Crippen MR) is 109 cm³/mol. The average molecular weight is 394 g/mol. The van der Waals surface area contributed by atoms with Gasteiger partial charge in [0.2, 0.25) is 0 Å². The molecule has 6 heteroatoms. The second kappa shape index (κ2) is 6.44. The molecule has 0 bridgehead atoms. The minimum atomic E-state index is -0.270. The second-order valence-corrected chi connectivity index (χ2v) is 9.18. The maximum atomic E-state index is 11.5. The Bertz CT molecular complexity index is 1080. The number of ether oxygens (including phenoxy) is 1. The van der Waals surface area contributed by atoms with E-state index in [-0.39, 0.29) is 11.0 Å². The number of fused-ring (bicyclic) bond motifs is 3. The third-order valence-electron chi connectivity index (χ3n) is 6.59. The summed E-state index contributed by atoms with van der Waals surface area (Å²) in [6.45, 7) is 4.59. The predicted octanol–water partition coefficient (Wildman–Crippen LogP) is 3.05. The van der Waals surface area contributed by atoms with Crippen molar-refractivity contribution in [3.63, 3.8) is 0 Å². The van der Waals surface area contributed by atoms with Crippen LogP contribution in [-0.4, -0.2) is 37.1 Å². The molecule has 5 nitrogen and oxygen atoms in total. The summed E-state index contributed by atoms with van der Waals surface area (Å²) in [4.78, 5) is 13.9. The molecule has 0 unspecified atom stereocenters. The first-order valence-electron chi connectivity index (χ1n) is 9.97. The van der Waals surface area contributed by atoms with Crippen LogP contribution in [0.3, 0.4) is 0 Å². The highest BCUT2D eigenvalue weighted by Crippen LogP contribution is 2.41. The van der Waals surface area contributed by atoms with Crippen LogP contribution in [0.5, 0.6) is 5.75 Å². The van der Waals surface area contributed by atoms with Crippen LogP contribution in [0.15, 0.2) is 51.7 Å². The summed E-state index contributed by atoms with van der Waals surface area (Å²) < 4.78 is 12.6. The number of nitrogens with zero attached hydrogens (tertiary/aromatic N) is 1. The van der Waals surface area contributed by atoms with Crippen molar-refractivity contribution in [2.75, 3.05) is 26.2 Å². The van der Waals surface area contributed by atoms with E-state index in [2.05, 4.69) is 34.5 Å². The summed E-state index contributed by atoms with van der Waals surface area (Å²) in [5.74, 6) is 2.34. The normalized spacial score (nSPS) is 29.3. The van der Waals surface area contributed by atoms with Gasteiger partial charge in [-0.3, -0.25) is 4.90 Å². The molecule has 2 aliphatic heterocycles. The van der Waals surface area contributed by atoms with Gasteiger partial charge in [0.25, 0.3) is 0 Å². The lowest BCUT2D eigenvalue weighted by Crippen LogP contribution is -2.40. The molecule has 3 heterocycles. The summed E-state index contributed by atoms with van der Waals surface area (Å²) in [5, 5.41) is 3.53. The van der Waals surface area contributed by atoms with E-state index in [0.717, 1.165) is 66.2 Å². The maximum Gasteiger partial charge on any atom is 0.396 e. The van der Waals surface area contributed by atoms with Crippen molar-refractivity contribution >= 4 is 21.6 Å². The smallest absolute Gasteiger partial charge is 0.396 e. The number of hydrogen-bond donors (Lipinski definition) is 1. The van der Waals surface area contributed by atoms with Crippen molar-refractivity contribution in [1.82, 2.24) is 10.2 Å². The van der Waals surface area contributed by atoms with Gasteiger partial charge in [0.15, 0.2) is 0 Å². The van der Waals surface area contributed by atoms with E-state index in [0.29, 0.717) is 11.6 Å². The van der Waals surface area contributed by atoms with E-state index in [1.54, 1.807) is 0 Å². The first-order valence-corrected chi connectivity index (χ1v) is 10.8. The Hall–Kier alpha value is -2.15. The number of rotatable bonds is 3. The molecular weight excluding hydrogens is 372 g/mol. The molecule has 0 amide bonds. The molecule has 6 rings (SSSR count). The molecule has 2 aromatic carbocycles.